The molecule has 2 aromatic heterocycles. The Balaban J connectivity index is 1.47. The van der Waals surface area contributed by atoms with Gasteiger partial charge in [-0.25, -0.2) is 4.98 Å². The molecule has 160 valence electrons. The van der Waals surface area contributed by atoms with Crippen LogP contribution in [0.2, 0.25) is 0 Å². The van der Waals surface area contributed by atoms with Gasteiger partial charge in [0.05, 0.1) is 24.0 Å². The van der Waals surface area contributed by atoms with E-state index in [4.69, 9.17) is 19.2 Å². The third-order valence-electron chi connectivity index (χ3n) is 4.95. The third-order valence-corrected chi connectivity index (χ3v) is 5.99. The molecule has 1 aliphatic rings. The van der Waals surface area contributed by atoms with Crippen LogP contribution in [-0.4, -0.2) is 29.8 Å². The lowest BCUT2D eigenvalue weighted by Crippen LogP contribution is -2.29. The summed E-state index contributed by atoms with van der Waals surface area (Å²) in [5.74, 6) is 1.84. The maximum atomic E-state index is 13.3. The van der Waals surface area contributed by atoms with Crippen LogP contribution in [0.3, 0.4) is 0 Å². The molecule has 0 saturated carbocycles. The number of amides is 1. The van der Waals surface area contributed by atoms with Gasteiger partial charge in [-0.15, -0.1) is 0 Å². The number of para-hydroxylation sites is 1. The van der Waals surface area contributed by atoms with Gasteiger partial charge in [-0.1, -0.05) is 29.5 Å². The van der Waals surface area contributed by atoms with Gasteiger partial charge in [-0.2, -0.15) is 0 Å². The molecule has 0 unspecified atom stereocenters. The first-order chi connectivity index (χ1) is 15.7. The number of carbonyl (C=O) groups is 1. The van der Waals surface area contributed by atoms with Crippen molar-refractivity contribution in [3.63, 3.8) is 0 Å². The smallest absolute Gasteiger partial charge is 0.253 e. The number of nitrogens with zero attached hydrogens (tertiary/aromatic N) is 3. The average Bonchev–Trinajstić information content (AvgIpc) is 3.48. The van der Waals surface area contributed by atoms with Crippen LogP contribution in [0.1, 0.15) is 11.3 Å². The van der Waals surface area contributed by atoms with E-state index in [1.54, 1.807) is 24.3 Å². The molecule has 3 heterocycles. The fraction of sp³-hybridized carbons (Fsp3) is 0.125. The fourth-order valence-corrected chi connectivity index (χ4v) is 4.35. The van der Waals surface area contributed by atoms with E-state index in [1.807, 2.05) is 54.6 Å². The zero-order valence-corrected chi connectivity index (χ0v) is 18.0. The Labute approximate surface area is 188 Å². The third kappa shape index (κ3) is 4.00. The molecule has 0 saturated heterocycles. The molecule has 7 nitrogen and oxygen atoms in total. The maximum absolute atomic E-state index is 13.3. The predicted molar refractivity (Wildman–Crippen MR) is 123 cm³/mol. The number of rotatable bonds is 6. The van der Waals surface area contributed by atoms with Gasteiger partial charge in [-0.3, -0.25) is 14.7 Å². The van der Waals surface area contributed by atoms with Crippen LogP contribution in [0, 0.1) is 0 Å². The predicted octanol–water partition coefficient (Wildman–Crippen LogP) is 4.68. The molecule has 0 spiro atoms. The Bertz CT molecular complexity index is 1300. The number of hydrogen-bond donors (Lipinski definition) is 0. The molecule has 5 rings (SSSR count). The number of ether oxygens (including phenoxy) is 3. The molecule has 1 aliphatic heterocycles. The van der Waals surface area contributed by atoms with Gasteiger partial charge in [0.1, 0.15) is 11.3 Å². The zero-order valence-electron chi connectivity index (χ0n) is 17.2. The largest absolute Gasteiger partial charge is 0.494 e. The molecule has 0 radical (unpaired) electrons. The molecule has 32 heavy (non-hydrogen) atoms. The summed E-state index contributed by atoms with van der Waals surface area (Å²) in [6.07, 6.45) is 5.00. The van der Waals surface area contributed by atoms with E-state index < -0.39 is 0 Å². The molecule has 0 bridgehead atoms. The lowest BCUT2D eigenvalue weighted by Gasteiger charge is -2.17. The number of fused-ring (bicyclic) bond motifs is 2. The minimum atomic E-state index is -0.202. The van der Waals surface area contributed by atoms with Crippen LogP contribution in [0.15, 0.2) is 66.9 Å². The molecular weight excluding hydrogens is 426 g/mol. The molecule has 8 heteroatoms. The Morgan fingerprint density at radius 2 is 2.06 bits per heavy atom. The summed E-state index contributed by atoms with van der Waals surface area (Å²) in [7, 11) is 1.61. The Morgan fingerprint density at radius 1 is 1.16 bits per heavy atom. The number of benzene rings is 2. The molecule has 0 atom stereocenters. The van der Waals surface area contributed by atoms with Gasteiger partial charge in [0.15, 0.2) is 16.6 Å². The van der Waals surface area contributed by atoms with Crippen LogP contribution < -0.4 is 19.1 Å². The highest BCUT2D eigenvalue weighted by Gasteiger charge is 2.20. The van der Waals surface area contributed by atoms with Gasteiger partial charge in [-0.05, 0) is 48.0 Å². The Hall–Kier alpha value is -3.91. The number of thiazole rings is 1. The summed E-state index contributed by atoms with van der Waals surface area (Å²) in [4.78, 5) is 24.0. The van der Waals surface area contributed by atoms with Crippen LogP contribution in [0.25, 0.3) is 16.3 Å². The van der Waals surface area contributed by atoms with Crippen LogP contribution in [-0.2, 0) is 11.3 Å². The molecule has 1 amide bonds. The van der Waals surface area contributed by atoms with E-state index in [0.717, 1.165) is 21.5 Å². The number of carbonyl (C=O) groups excluding carboxylic acids is 1. The SMILES string of the molecule is COc1cccc2sc(N(Cc3ccccn3)C(=O)/C=C/c3ccc4c(c3)OCO4)nc12. The number of anilines is 1. The van der Waals surface area contributed by atoms with Gasteiger partial charge in [0.2, 0.25) is 6.79 Å². The van der Waals surface area contributed by atoms with Gasteiger partial charge >= 0.3 is 0 Å². The minimum Gasteiger partial charge on any atom is -0.494 e. The summed E-state index contributed by atoms with van der Waals surface area (Å²) < 4.78 is 17.1. The first-order valence-corrected chi connectivity index (χ1v) is 10.8. The Kier molecular flexibility index (Phi) is 5.43. The average molecular weight is 446 g/mol. The van der Waals surface area contributed by atoms with Crippen LogP contribution in [0.4, 0.5) is 5.13 Å². The quantitative estimate of drug-likeness (QED) is 0.402. The number of hydrogen-bond acceptors (Lipinski definition) is 7. The van der Waals surface area contributed by atoms with Crippen molar-refractivity contribution in [2.24, 2.45) is 0 Å². The lowest BCUT2D eigenvalue weighted by atomic mass is 10.2. The molecular formula is C24H19N3O4S. The van der Waals surface area contributed by atoms with E-state index in [9.17, 15) is 4.79 Å². The topological polar surface area (TPSA) is 73.8 Å². The van der Waals surface area contributed by atoms with Crippen molar-refractivity contribution in [3.8, 4) is 17.2 Å². The number of pyridine rings is 1. The fourth-order valence-electron chi connectivity index (χ4n) is 3.36. The normalized spacial score (nSPS) is 12.4. The van der Waals surface area contributed by atoms with Gasteiger partial charge in [0, 0.05) is 12.3 Å². The lowest BCUT2D eigenvalue weighted by molar-refractivity contribution is -0.114. The van der Waals surface area contributed by atoms with Crippen molar-refractivity contribution in [1.29, 1.82) is 0 Å². The van der Waals surface area contributed by atoms with E-state index in [0.29, 0.717) is 28.9 Å². The first kappa shape index (κ1) is 20.0. The molecule has 2 aromatic carbocycles. The standard InChI is InChI=1S/C24H19N3O4S/c1-29-19-6-4-7-21-23(19)26-24(32-21)27(14-17-5-2-3-12-25-17)22(28)11-9-16-8-10-18-20(13-16)31-15-30-18/h2-13H,14-15H2,1H3/b11-9+. The maximum Gasteiger partial charge on any atom is 0.253 e. The van der Waals surface area contributed by atoms with Crippen LogP contribution >= 0.6 is 11.3 Å². The molecule has 0 aliphatic carbocycles. The van der Waals surface area contributed by atoms with Crippen molar-refractivity contribution in [1.82, 2.24) is 9.97 Å². The van der Waals surface area contributed by atoms with E-state index >= 15 is 0 Å². The van der Waals surface area contributed by atoms with E-state index in [1.165, 1.54) is 17.4 Å². The second-order valence-electron chi connectivity index (χ2n) is 6.99. The number of methoxy groups -OCH3 is 1. The van der Waals surface area contributed by atoms with E-state index in [-0.39, 0.29) is 12.7 Å². The monoisotopic (exact) mass is 445 g/mol. The van der Waals surface area contributed by atoms with Gasteiger partial charge in [0.25, 0.3) is 5.91 Å². The summed E-state index contributed by atoms with van der Waals surface area (Å²) >= 11 is 1.44. The van der Waals surface area contributed by atoms with E-state index in [2.05, 4.69) is 4.98 Å². The van der Waals surface area contributed by atoms with Crippen molar-refractivity contribution >= 4 is 38.7 Å². The summed E-state index contributed by atoms with van der Waals surface area (Å²) in [6.45, 7) is 0.508. The minimum absolute atomic E-state index is 0.202. The molecule has 0 fully saturated rings. The summed E-state index contributed by atoms with van der Waals surface area (Å²) in [5.41, 5.74) is 2.34. The van der Waals surface area contributed by atoms with Crippen LogP contribution in [0.5, 0.6) is 17.2 Å². The van der Waals surface area contributed by atoms with Crippen molar-refractivity contribution in [2.75, 3.05) is 18.8 Å². The van der Waals surface area contributed by atoms with Crippen molar-refractivity contribution < 1.29 is 19.0 Å². The van der Waals surface area contributed by atoms with Crippen molar-refractivity contribution in [2.45, 2.75) is 6.54 Å². The first-order valence-electron chi connectivity index (χ1n) is 9.94. The highest BCUT2D eigenvalue weighted by atomic mass is 32.1. The summed E-state index contributed by atoms with van der Waals surface area (Å²) in [6, 6.07) is 16.9. The molecule has 0 N–H and O–H groups in total. The number of aromatic nitrogens is 2. The second-order valence-corrected chi connectivity index (χ2v) is 8.00. The van der Waals surface area contributed by atoms with Gasteiger partial charge < -0.3 is 14.2 Å². The Morgan fingerprint density at radius 3 is 2.91 bits per heavy atom. The highest BCUT2D eigenvalue weighted by Crippen LogP contribution is 2.35. The van der Waals surface area contributed by atoms with Crippen molar-refractivity contribution in [3.05, 3.63) is 78.1 Å². The zero-order chi connectivity index (χ0) is 21.9. The highest BCUT2D eigenvalue weighted by molar-refractivity contribution is 7.22. The summed E-state index contributed by atoms with van der Waals surface area (Å²) in [5, 5.41) is 0.579. The molecule has 4 aromatic rings. The second kappa shape index (κ2) is 8.68.